The van der Waals surface area contributed by atoms with Crippen molar-refractivity contribution >= 4 is 5.91 Å². The topological polar surface area (TPSA) is 61.4 Å². The second kappa shape index (κ2) is 5.68. The number of phenols is 1. The maximum Gasteiger partial charge on any atom is 0.251 e. The van der Waals surface area contributed by atoms with Crippen LogP contribution < -0.4 is 10.6 Å². The molecule has 2 rings (SSSR count). The lowest BCUT2D eigenvalue weighted by Crippen LogP contribution is -2.38. The van der Waals surface area contributed by atoms with Gasteiger partial charge in [-0.1, -0.05) is 0 Å². The Morgan fingerprint density at radius 2 is 2.18 bits per heavy atom. The fourth-order valence-corrected chi connectivity index (χ4v) is 2.05. The molecule has 1 amide bonds. The Bertz CT molecular complexity index is 370. The highest BCUT2D eigenvalue weighted by Gasteiger charge is 2.14. The molecule has 0 unspecified atom stereocenters. The van der Waals surface area contributed by atoms with Gasteiger partial charge in [0.05, 0.1) is 0 Å². The quantitative estimate of drug-likeness (QED) is 0.734. The van der Waals surface area contributed by atoms with Crippen LogP contribution in [-0.4, -0.2) is 30.6 Å². The molecule has 0 saturated carbocycles. The molecule has 4 nitrogen and oxygen atoms in total. The van der Waals surface area contributed by atoms with Crippen LogP contribution in [0.5, 0.6) is 5.75 Å². The van der Waals surface area contributed by atoms with Crippen molar-refractivity contribution in [1.29, 1.82) is 0 Å². The highest BCUT2D eigenvalue weighted by molar-refractivity contribution is 5.94. The summed E-state index contributed by atoms with van der Waals surface area (Å²) in [5.41, 5.74) is 0.589. The summed E-state index contributed by atoms with van der Waals surface area (Å²) in [5, 5.41) is 15.4. The number of nitrogens with one attached hydrogen (secondary N) is 2. The minimum Gasteiger partial charge on any atom is -0.508 e. The van der Waals surface area contributed by atoms with Crippen LogP contribution in [-0.2, 0) is 0 Å². The number of hydrogen-bond donors (Lipinski definition) is 3. The predicted molar refractivity (Wildman–Crippen MR) is 66.0 cm³/mol. The summed E-state index contributed by atoms with van der Waals surface area (Å²) in [7, 11) is 0. The van der Waals surface area contributed by atoms with Crippen LogP contribution in [0.3, 0.4) is 0 Å². The average Bonchev–Trinajstić information content (AvgIpc) is 2.38. The molecule has 92 valence electrons. The van der Waals surface area contributed by atoms with E-state index < -0.39 is 0 Å². The van der Waals surface area contributed by atoms with Gasteiger partial charge in [-0.25, -0.2) is 0 Å². The van der Waals surface area contributed by atoms with Gasteiger partial charge in [0.2, 0.25) is 0 Å². The molecule has 1 atom stereocenters. The third-order valence-electron chi connectivity index (χ3n) is 3.08. The Balaban J connectivity index is 1.82. The Hall–Kier alpha value is -1.55. The minimum absolute atomic E-state index is 0.0735. The summed E-state index contributed by atoms with van der Waals surface area (Å²) in [6.07, 6.45) is 2.35. The van der Waals surface area contributed by atoms with Crippen LogP contribution in [0, 0.1) is 5.92 Å². The van der Waals surface area contributed by atoms with Crippen LogP contribution in [0.15, 0.2) is 24.3 Å². The van der Waals surface area contributed by atoms with E-state index in [1.807, 2.05) is 0 Å². The van der Waals surface area contributed by atoms with E-state index in [-0.39, 0.29) is 11.7 Å². The Labute approximate surface area is 101 Å². The van der Waals surface area contributed by atoms with Gasteiger partial charge in [-0.15, -0.1) is 0 Å². The van der Waals surface area contributed by atoms with Crippen molar-refractivity contribution < 1.29 is 9.90 Å². The second-order valence-electron chi connectivity index (χ2n) is 4.47. The number of benzene rings is 1. The molecular formula is C13H18N2O2. The van der Waals surface area contributed by atoms with Gasteiger partial charge in [-0.3, -0.25) is 4.79 Å². The Morgan fingerprint density at radius 3 is 2.82 bits per heavy atom. The van der Waals surface area contributed by atoms with Crippen molar-refractivity contribution in [1.82, 2.24) is 10.6 Å². The molecule has 3 N–H and O–H groups in total. The van der Waals surface area contributed by atoms with Crippen molar-refractivity contribution in [3.05, 3.63) is 29.8 Å². The molecule has 0 spiro atoms. The maximum absolute atomic E-state index is 11.8. The summed E-state index contributed by atoms with van der Waals surface area (Å²) >= 11 is 0. The first-order valence-corrected chi connectivity index (χ1v) is 6.03. The molecule has 1 heterocycles. The lowest BCUT2D eigenvalue weighted by atomic mass is 10.00. The van der Waals surface area contributed by atoms with Gasteiger partial charge in [0, 0.05) is 12.1 Å². The monoisotopic (exact) mass is 234 g/mol. The van der Waals surface area contributed by atoms with E-state index in [9.17, 15) is 4.79 Å². The van der Waals surface area contributed by atoms with Gasteiger partial charge in [0.25, 0.3) is 5.91 Å². The normalized spacial score (nSPS) is 19.9. The number of carbonyl (C=O) groups is 1. The van der Waals surface area contributed by atoms with E-state index in [2.05, 4.69) is 10.6 Å². The maximum atomic E-state index is 11.8. The highest BCUT2D eigenvalue weighted by Crippen LogP contribution is 2.11. The lowest BCUT2D eigenvalue weighted by Gasteiger charge is -2.22. The molecule has 0 aromatic heterocycles. The van der Waals surface area contributed by atoms with Crippen molar-refractivity contribution in [3.8, 4) is 5.75 Å². The van der Waals surface area contributed by atoms with E-state index in [0.29, 0.717) is 18.0 Å². The van der Waals surface area contributed by atoms with Crippen LogP contribution in [0.25, 0.3) is 0 Å². The van der Waals surface area contributed by atoms with Crippen LogP contribution in [0.4, 0.5) is 0 Å². The molecule has 4 heteroatoms. The third-order valence-corrected chi connectivity index (χ3v) is 3.08. The van der Waals surface area contributed by atoms with E-state index >= 15 is 0 Å². The Morgan fingerprint density at radius 1 is 1.41 bits per heavy atom. The molecule has 1 saturated heterocycles. The summed E-state index contributed by atoms with van der Waals surface area (Å²) in [6, 6.07) is 6.31. The summed E-state index contributed by atoms with van der Waals surface area (Å²) < 4.78 is 0. The number of hydrogen-bond acceptors (Lipinski definition) is 3. The summed E-state index contributed by atoms with van der Waals surface area (Å²) in [4.78, 5) is 11.8. The Kier molecular flexibility index (Phi) is 3.98. The smallest absolute Gasteiger partial charge is 0.251 e. The predicted octanol–water partition coefficient (Wildman–Crippen LogP) is 1.12. The third kappa shape index (κ3) is 3.46. The van der Waals surface area contributed by atoms with Gasteiger partial charge in [-0.05, 0) is 56.1 Å². The average molecular weight is 234 g/mol. The fraction of sp³-hybridized carbons (Fsp3) is 0.462. The molecule has 1 aliphatic rings. The number of carbonyl (C=O) groups excluding carboxylic acids is 1. The standard InChI is InChI=1S/C13H18N2O2/c16-12-5-3-11(4-6-12)13(17)15-9-10-2-1-7-14-8-10/h3-6,10,14,16H,1-2,7-9H2,(H,15,17)/t10-/m1/s1. The first kappa shape index (κ1) is 11.9. The van der Waals surface area contributed by atoms with E-state index in [0.717, 1.165) is 13.1 Å². The lowest BCUT2D eigenvalue weighted by molar-refractivity contribution is 0.0945. The fourth-order valence-electron chi connectivity index (χ4n) is 2.05. The molecule has 1 aromatic carbocycles. The van der Waals surface area contributed by atoms with E-state index in [1.54, 1.807) is 12.1 Å². The van der Waals surface area contributed by atoms with Gasteiger partial charge in [0.1, 0.15) is 5.75 Å². The van der Waals surface area contributed by atoms with E-state index in [4.69, 9.17) is 5.11 Å². The molecular weight excluding hydrogens is 216 g/mol. The van der Waals surface area contributed by atoms with E-state index in [1.165, 1.54) is 25.0 Å². The van der Waals surface area contributed by atoms with Gasteiger partial charge < -0.3 is 15.7 Å². The first-order chi connectivity index (χ1) is 8.25. The van der Waals surface area contributed by atoms with Crippen molar-refractivity contribution in [2.45, 2.75) is 12.8 Å². The summed E-state index contributed by atoms with van der Waals surface area (Å²) in [5.74, 6) is 0.637. The SMILES string of the molecule is O=C(NC[C@@H]1CCCNC1)c1ccc(O)cc1. The highest BCUT2D eigenvalue weighted by atomic mass is 16.3. The number of piperidine rings is 1. The number of phenolic OH excluding ortho intramolecular Hbond substituents is 1. The number of aromatic hydroxyl groups is 1. The first-order valence-electron chi connectivity index (χ1n) is 6.03. The minimum atomic E-state index is -0.0735. The van der Waals surface area contributed by atoms with Crippen LogP contribution in [0.2, 0.25) is 0 Å². The second-order valence-corrected chi connectivity index (χ2v) is 4.47. The zero-order valence-corrected chi connectivity index (χ0v) is 9.78. The van der Waals surface area contributed by atoms with Gasteiger partial charge in [-0.2, -0.15) is 0 Å². The van der Waals surface area contributed by atoms with Gasteiger partial charge in [0.15, 0.2) is 0 Å². The molecule has 1 fully saturated rings. The van der Waals surface area contributed by atoms with Crippen LogP contribution in [0.1, 0.15) is 23.2 Å². The number of amides is 1. The molecule has 0 aliphatic carbocycles. The summed E-state index contributed by atoms with van der Waals surface area (Å²) in [6.45, 7) is 2.78. The zero-order valence-electron chi connectivity index (χ0n) is 9.78. The largest absolute Gasteiger partial charge is 0.508 e. The van der Waals surface area contributed by atoms with Crippen molar-refractivity contribution in [2.24, 2.45) is 5.92 Å². The van der Waals surface area contributed by atoms with Gasteiger partial charge >= 0.3 is 0 Å². The molecule has 1 aromatic rings. The molecule has 0 bridgehead atoms. The van der Waals surface area contributed by atoms with Crippen molar-refractivity contribution in [3.63, 3.8) is 0 Å². The zero-order chi connectivity index (χ0) is 12.1. The molecule has 0 radical (unpaired) electrons. The van der Waals surface area contributed by atoms with Crippen LogP contribution >= 0.6 is 0 Å². The van der Waals surface area contributed by atoms with Crippen molar-refractivity contribution in [2.75, 3.05) is 19.6 Å². The molecule has 1 aliphatic heterocycles. The molecule has 17 heavy (non-hydrogen) atoms. The number of rotatable bonds is 3.